The van der Waals surface area contributed by atoms with Crippen molar-refractivity contribution >= 4 is 27.4 Å². The number of rotatable bonds is 5. The first-order chi connectivity index (χ1) is 14.1. The van der Waals surface area contributed by atoms with Crippen LogP contribution in [0.5, 0.6) is 5.75 Å². The van der Waals surface area contributed by atoms with Crippen LogP contribution in [0.4, 0.5) is 0 Å². The molecule has 1 amide bonds. The van der Waals surface area contributed by atoms with E-state index in [1.54, 1.807) is 12.0 Å². The first-order valence-corrected chi connectivity index (χ1v) is 10.1. The van der Waals surface area contributed by atoms with E-state index in [9.17, 15) is 9.90 Å². The molecule has 1 aliphatic rings. The number of aliphatic hydroxyl groups is 1. The highest BCUT2D eigenvalue weighted by molar-refractivity contribution is 9.10. The van der Waals surface area contributed by atoms with Crippen molar-refractivity contribution in [1.29, 1.82) is 0 Å². The third kappa shape index (κ3) is 3.78. The van der Waals surface area contributed by atoms with Gasteiger partial charge in [-0.05, 0) is 41.0 Å². The number of carbonyl (C=O) groups is 1. The van der Waals surface area contributed by atoms with Gasteiger partial charge in [-0.25, -0.2) is 0 Å². The van der Waals surface area contributed by atoms with E-state index in [1.807, 2.05) is 78.9 Å². The molecule has 0 saturated heterocycles. The van der Waals surface area contributed by atoms with E-state index in [2.05, 4.69) is 15.9 Å². The highest BCUT2D eigenvalue weighted by atomic mass is 79.9. The number of carbonyl (C=O) groups excluding carboxylic acids is 1. The molecule has 0 aromatic heterocycles. The Kier molecular flexibility index (Phi) is 5.41. The molecule has 1 atom stereocenters. The number of aliphatic hydroxyl groups excluding tert-OH is 1. The molecule has 0 unspecified atom stereocenters. The summed E-state index contributed by atoms with van der Waals surface area (Å²) in [7, 11) is 1.61. The summed E-state index contributed by atoms with van der Waals surface area (Å²) in [6.45, 7) is 0.407. The maximum absolute atomic E-state index is 13.1. The monoisotopic (exact) mass is 449 g/mol. The molecule has 29 heavy (non-hydrogen) atoms. The topological polar surface area (TPSA) is 49.8 Å². The zero-order valence-electron chi connectivity index (χ0n) is 15.9. The van der Waals surface area contributed by atoms with Crippen molar-refractivity contribution in [3.63, 3.8) is 0 Å². The van der Waals surface area contributed by atoms with Gasteiger partial charge in [0, 0.05) is 16.6 Å². The standard InChI is InChI=1S/C24H20BrNO3/c1-29-20-13-9-17(10-14-20)21-22(18-7-11-19(25)12-8-18)26(24(28)23(21)27)15-16-5-3-2-4-6-16/h2-14,22,27H,15H2,1H3/t22-/m0/s1. The van der Waals surface area contributed by atoms with Gasteiger partial charge in [-0.1, -0.05) is 70.5 Å². The van der Waals surface area contributed by atoms with Crippen LogP contribution < -0.4 is 4.74 Å². The minimum Gasteiger partial charge on any atom is -0.503 e. The van der Waals surface area contributed by atoms with Gasteiger partial charge in [-0.15, -0.1) is 0 Å². The summed E-state index contributed by atoms with van der Waals surface area (Å²) < 4.78 is 6.20. The molecule has 5 heteroatoms. The lowest BCUT2D eigenvalue weighted by Crippen LogP contribution is -2.29. The van der Waals surface area contributed by atoms with Crippen LogP contribution in [0.3, 0.4) is 0 Å². The number of halogens is 1. The van der Waals surface area contributed by atoms with Crippen molar-refractivity contribution in [2.75, 3.05) is 7.11 Å². The van der Waals surface area contributed by atoms with E-state index < -0.39 is 0 Å². The first-order valence-electron chi connectivity index (χ1n) is 9.26. The molecule has 0 spiro atoms. The SMILES string of the molecule is COc1ccc(C2=C(O)C(=O)N(Cc3ccccc3)[C@H]2c2ccc(Br)cc2)cc1. The van der Waals surface area contributed by atoms with Crippen LogP contribution in [0, 0.1) is 0 Å². The molecule has 1 heterocycles. The van der Waals surface area contributed by atoms with Crippen molar-refractivity contribution < 1.29 is 14.6 Å². The summed E-state index contributed by atoms with van der Waals surface area (Å²) in [6, 6.07) is 24.7. The molecular formula is C24H20BrNO3. The average molecular weight is 450 g/mol. The molecule has 4 rings (SSSR count). The quantitative estimate of drug-likeness (QED) is 0.558. The lowest BCUT2D eigenvalue weighted by Gasteiger charge is -2.27. The van der Waals surface area contributed by atoms with Crippen molar-refractivity contribution in [3.05, 3.63) is 106 Å². The van der Waals surface area contributed by atoms with Crippen molar-refractivity contribution in [3.8, 4) is 5.75 Å². The predicted octanol–water partition coefficient (Wildman–Crippen LogP) is 5.51. The van der Waals surface area contributed by atoms with Gasteiger partial charge in [0.05, 0.1) is 13.2 Å². The molecule has 3 aromatic carbocycles. The summed E-state index contributed by atoms with van der Waals surface area (Å²) in [5.74, 6) is 0.145. The van der Waals surface area contributed by atoms with Crippen LogP contribution in [-0.4, -0.2) is 23.0 Å². The lowest BCUT2D eigenvalue weighted by atomic mass is 9.93. The highest BCUT2D eigenvalue weighted by Crippen LogP contribution is 2.44. The molecule has 3 aromatic rings. The Morgan fingerprint density at radius 2 is 1.62 bits per heavy atom. The van der Waals surface area contributed by atoms with Gasteiger partial charge in [0.1, 0.15) is 5.75 Å². The molecule has 1 aliphatic heterocycles. The summed E-state index contributed by atoms with van der Waals surface area (Å²) in [6.07, 6.45) is 0. The molecular weight excluding hydrogens is 430 g/mol. The van der Waals surface area contributed by atoms with Crippen LogP contribution >= 0.6 is 15.9 Å². The second kappa shape index (κ2) is 8.13. The third-order valence-electron chi connectivity index (χ3n) is 5.09. The fourth-order valence-corrected chi connectivity index (χ4v) is 3.92. The largest absolute Gasteiger partial charge is 0.503 e. The fraction of sp³-hybridized carbons (Fsp3) is 0.125. The first kappa shape index (κ1) is 19.3. The van der Waals surface area contributed by atoms with Crippen molar-refractivity contribution in [1.82, 2.24) is 4.90 Å². The van der Waals surface area contributed by atoms with Crippen molar-refractivity contribution in [2.24, 2.45) is 0 Å². The molecule has 1 N–H and O–H groups in total. The molecule has 4 nitrogen and oxygen atoms in total. The van der Waals surface area contributed by atoms with Gasteiger partial charge in [-0.3, -0.25) is 4.79 Å². The Morgan fingerprint density at radius 3 is 2.24 bits per heavy atom. The van der Waals surface area contributed by atoms with Gasteiger partial charge in [0.25, 0.3) is 5.91 Å². The predicted molar refractivity (Wildman–Crippen MR) is 116 cm³/mol. The number of ether oxygens (including phenoxy) is 1. The normalized spacial score (nSPS) is 16.4. The van der Waals surface area contributed by atoms with Crippen LogP contribution in [0.2, 0.25) is 0 Å². The van der Waals surface area contributed by atoms with Gasteiger partial charge in [0.15, 0.2) is 5.76 Å². The van der Waals surface area contributed by atoms with E-state index >= 15 is 0 Å². The Hall–Kier alpha value is -3.05. The lowest BCUT2D eigenvalue weighted by molar-refractivity contribution is -0.130. The van der Waals surface area contributed by atoms with Gasteiger partial charge < -0.3 is 14.7 Å². The van der Waals surface area contributed by atoms with Gasteiger partial charge in [-0.2, -0.15) is 0 Å². The number of methoxy groups -OCH3 is 1. The number of hydrogen-bond donors (Lipinski definition) is 1. The Bertz CT molecular complexity index is 1040. The van der Waals surface area contributed by atoms with Gasteiger partial charge >= 0.3 is 0 Å². The zero-order valence-corrected chi connectivity index (χ0v) is 17.5. The van der Waals surface area contributed by atoms with E-state index in [4.69, 9.17) is 4.74 Å². The fourth-order valence-electron chi connectivity index (χ4n) is 3.65. The van der Waals surface area contributed by atoms with E-state index in [0.29, 0.717) is 12.1 Å². The molecule has 0 radical (unpaired) electrons. The highest BCUT2D eigenvalue weighted by Gasteiger charge is 2.40. The molecule has 0 bridgehead atoms. The van der Waals surface area contributed by atoms with Crippen LogP contribution in [0.25, 0.3) is 5.57 Å². The third-order valence-corrected chi connectivity index (χ3v) is 5.61. The number of hydrogen-bond acceptors (Lipinski definition) is 3. The number of amides is 1. The Morgan fingerprint density at radius 1 is 0.966 bits per heavy atom. The maximum atomic E-state index is 13.1. The second-order valence-electron chi connectivity index (χ2n) is 6.86. The number of benzene rings is 3. The smallest absolute Gasteiger partial charge is 0.290 e. The van der Waals surface area contributed by atoms with Gasteiger partial charge in [0.2, 0.25) is 0 Å². The summed E-state index contributed by atoms with van der Waals surface area (Å²) >= 11 is 3.47. The molecule has 146 valence electrons. The molecule has 0 saturated carbocycles. The number of nitrogens with zero attached hydrogens (tertiary/aromatic N) is 1. The maximum Gasteiger partial charge on any atom is 0.290 e. The van der Waals surface area contributed by atoms with Crippen LogP contribution in [-0.2, 0) is 11.3 Å². The van der Waals surface area contributed by atoms with E-state index in [1.165, 1.54) is 0 Å². The summed E-state index contributed by atoms with van der Waals surface area (Å²) in [5.41, 5.74) is 3.34. The average Bonchev–Trinajstić information content (AvgIpc) is 3.00. The second-order valence-corrected chi connectivity index (χ2v) is 7.78. The summed E-state index contributed by atoms with van der Waals surface area (Å²) in [4.78, 5) is 14.8. The Balaban J connectivity index is 1.80. The van der Waals surface area contributed by atoms with Crippen LogP contribution in [0.15, 0.2) is 89.1 Å². The van der Waals surface area contributed by atoms with E-state index in [0.717, 1.165) is 26.9 Å². The zero-order chi connectivity index (χ0) is 20.4. The Labute approximate surface area is 178 Å². The van der Waals surface area contributed by atoms with E-state index in [-0.39, 0.29) is 17.7 Å². The minimum absolute atomic E-state index is 0.209. The molecule has 0 aliphatic carbocycles. The van der Waals surface area contributed by atoms with Crippen LogP contribution in [0.1, 0.15) is 22.7 Å². The molecule has 0 fully saturated rings. The minimum atomic E-state index is -0.385. The van der Waals surface area contributed by atoms with Crippen molar-refractivity contribution in [2.45, 2.75) is 12.6 Å². The summed E-state index contributed by atoms with van der Waals surface area (Å²) in [5, 5.41) is 10.8.